The highest BCUT2D eigenvalue weighted by atomic mass is 35.5. The minimum atomic E-state index is -3.63. The van der Waals surface area contributed by atoms with Crippen LogP contribution < -0.4 is 5.73 Å². The molecule has 8 nitrogen and oxygen atoms in total. The molecule has 0 saturated heterocycles. The van der Waals surface area contributed by atoms with E-state index in [4.69, 9.17) is 22.3 Å². The Morgan fingerprint density at radius 3 is 2.45 bits per heavy atom. The van der Waals surface area contributed by atoms with Crippen molar-refractivity contribution in [3.8, 4) is 23.0 Å². The number of carbonyl (C=O) groups excluding carboxylic acids is 1. The average molecular weight is 727 g/mol. The van der Waals surface area contributed by atoms with E-state index >= 15 is 8.78 Å². The number of alkyl halides is 4. The highest BCUT2D eigenvalue weighted by Gasteiger charge is 2.67. The Labute approximate surface area is 292 Å². The lowest BCUT2D eigenvalue weighted by Crippen LogP contribution is -2.37. The van der Waals surface area contributed by atoms with Gasteiger partial charge in [-0.2, -0.15) is 19.0 Å². The number of benzene rings is 2. The predicted molar refractivity (Wildman–Crippen MR) is 175 cm³/mol. The van der Waals surface area contributed by atoms with Crippen molar-refractivity contribution in [3.63, 3.8) is 0 Å². The first kappa shape index (κ1) is 34.6. The van der Waals surface area contributed by atoms with Crippen LogP contribution in [0.1, 0.15) is 78.5 Å². The van der Waals surface area contributed by atoms with Crippen molar-refractivity contribution < 1.29 is 36.2 Å². The maximum Gasteiger partial charge on any atom is 0.293 e. The normalized spacial score (nSPS) is 18.7. The van der Waals surface area contributed by atoms with E-state index in [2.05, 4.69) is 22.0 Å². The third-order valence-corrected chi connectivity index (χ3v) is 9.68. The highest BCUT2D eigenvalue weighted by molar-refractivity contribution is 6.35. The second-order valence-electron chi connectivity index (χ2n) is 13.5. The standard InChI is InChI=1S/C36H29ClF6N6O2/c1-35(2,51)9-8-19-4-5-20(21-6-7-26(37)24-15-45-48(3)30(21)24)28(46-19)23(12-16-10-17(38)13-18(39)11-16)31(34(44)50)49-32-27(29(47-49)33(40)41)22-14-25(22)36(32,42)43/h4-7,10-11,13,15,22-23,25,31,33,51H,12,14H2,1-3H3,(H2,44,50)/t22-,23+,25+,31?/m0/s1. The Morgan fingerprint density at radius 2 is 1.80 bits per heavy atom. The lowest BCUT2D eigenvalue weighted by atomic mass is 9.84. The van der Waals surface area contributed by atoms with E-state index in [1.807, 2.05) is 0 Å². The number of rotatable bonds is 8. The van der Waals surface area contributed by atoms with Gasteiger partial charge < -0.3 is 10.8 Å². The van der Waals surface area contributed by atoms with Gasteiger partial charge in [-0.3, -0.25) is 9.48 Å². The zero-order valence-corrected chi connectivity index (χ0v) is 28.0. The van der Waals surface area contributed by atoms with Gasteiger partial charge in [-0.15, -0.1) is 0 Å². The van der Waals surface area contributed by atoms with Gasteiger partial charge in [0.05, 0.1) is 22.4 Å². The van der Waals surface area contributed by atoms with E-state index in [1.165, 1.54) is 30.8 Å². The van der Waals surface area contributed by atoms with Gasteiger partial charge in [0.15, 0.2) is 0 Å². The van der Waals surface area contributed by atoms with Crippen LogP contribution in [0, 0.1) is 29.4 Å². The zero-order chi connectivity index (χ0) is 36.7. The van der Waals surface area contributed by atoms with Gasteiger partial charge in [0.1, 0.15) is 40.4 Å². The fourth-order valence-electron chi connectivity index (χ4n) is 7.19. The molecule has 7 rings (SSSR count). The molecule has 2 aromatic carbocycles. The lowest BCUT2D eigenvalue weighted by Gasteiger charge is -2.29. The molecule has 5 aromatic rings. The van der Waals surface area contributed by atoms with Gasteiger partial charge in [-0.25, -0.2) is 27.2 Å². The molecule has 2 aliphatic rings. The zero-order valence-electron chi connectivity index (χ0n) is 27.2. The van der Waals surface area contributed by atoms with Crippen LogP contribution in [0.2, 0.25) is 5.02 Å². The van der Waals surface area contributed by atoms with Crippen molar-refractivity contribution >= 4 is 28.4 Å². The molecule has 1 saturated carbocycles. The number of hydrogen-bond donors (Lipinski definition) is 2. The molecule has 0 aliphatic heterocycles. The van der Waals surface area contributed by atoms with Crippen LogP contribution in [0.3, 0.4) is 0 Å². The van der Waals surface area contributed by atoms with Crippen LogP contribution in [-0.2, 0) is 24.2 Å². The summed E-state index contributed by atoms with van der Waals surface area (Å²) < 4.78 is 92.1. The monoisotopic (exact) mass is 726 g/mol. The van der Waals surface area contributed by atoms with E-state index in [9.17, 15) is 27.5 Å². The van der Waals surface area contributed by atoms with Gasteiger partial charge in [0.2, 0.25) is 5.91 Å². The Hall–Kier alpha value is -4.87. The average Bonchev–Trinajstić information content (AvgIpc) is 3.51. The number of nitrogens with zero attached hydrogens (tertiary/aromatic N) is 5. The van der Waals surface area contributed by atoms with Crippen molar-refractivity contribution in [2.45, 2.75) is 62.5 Å². The Morgan fingerprint density at radius 1 is 1.12 bits per heavy atom. The first-order chi connectivity index (χ1) is 24.0. The molecule has 1 fully saturated rings. The highest BCUT2D eigenvalue weighted by Crippen LogP contribution is 2.68. The molecule has 0 radical (unpaired) electrons. The number of halogens is 7. The fourth-order valence-corrected chi connectivity index (χ4v) is 7.39. The van der Waals surface area contributed by atoms with Crippen LogP contribution in [0.5, 0.6) is 0 Å². The number of nitrogens with two attached hydrogens (primary N) is 1. The number of pyridine rings is 1. The van der Waals surface area contributed by atoms with E-state index in [1.54, 1.807) is 25.2 Å². The first-order valence-corrected chi connectivity index (χ1v) is 16.2. The number of hydrogen-bond acceptors (Lipinski definition) is 5. The Kier molecular flexibility index (Phi) is 8.22. The van der Waals surface area contributed by atoms with Crippen molar-refractivity contribution in [1.82, 2.24) is 24.5 Å². The smallest absolute Gasteiger partial charge is 0.293 e. The molecule has 264 valence electrons. The molecule has 4 atom stereocenters. The number of amides is 1. The molecule has 0 spiro atoms. The molecule has 0 bridgehead atoms. The maximum absolute atomic E-state index is 15.9. The van der Waals surface area contributed by atoms with Crippen molar-refractivity contribution in [2.24, 2.45) is 18.7 Å². The van der Waals surface area contributed by atoms with Gasteiger partial charge in [0, 0.05) is 47.0 Å². The van der Waals surface area contributed by atoms with Gasteiger partial charge in [0.25, 0.3) is 12.3 Å². The first-order valence-electron chi connectivity index (χ1n) is 15.9. The van der Waals surface area contributed by atoms with Crippen LogP contribution in [0.25, 0.3) is 22.0 Å². The van der Waals surface area contributed by atoms with E-state index in [0.717, 1.165) is 12.1 Å². The van der Waals surface area contributed by atoms with Crippen molar-refractivity contribution in [3.05, 3.63) is 99.2 Å². The molecule has 15 heteroatoms. The lowest BCUT2D eigenvalue weighted by molar-refractivity contribution is -0.122. The topological polar surface area (TPSA) is 112 Å². The summed E-state index contributed by atoms with van der Waals surface area (Å²) in [6.07, 6.45) is -2.18. The fraction of sp³-hybridized carbons (Fsp3) is 0.333. The van der Waals surface area contributed by atoms with Crippen molar-refractivity contribution in [1.29, 1.82) is 0 Å². The molecule has 3 heterocycles. The summed E-state index contributed by atoms with van der Waals surface area (Å²) >= 11 is 6.49. The molecule has 3 aromatic heterocycles. The summed E-state index contributed by atoms with van der Waals surface area (Å²) in [5, 5.41) is 19.4. The van der Waals surface area contributed by atoms with Crippen molar-refractivity contribution in [2.75, 3.05) is 0 Å². The van der Waals surface area contributed by atoms with Crippen LogP contribution in [0.15, 0.2) is 48.7 Å². The third-order valence-electron chi connectivity index (χ3n) is 9.35. The third kappa shape index (κ3) is 6.02. The second kappa shape index (κ2) is 12.1. The van der Waals surface area contributed by atoms with E-state index < -0.39 is 77.1 Å². The number of primary amides is 1. The molecule has 51 heavy (non-hydrogen) atoms. The Balaban J connectivity index is 1.54. The summed E-state index contributed by atoms with van der Waals surface area (Å²) in [5.41, 5.74) is 3.79. The SMILES string of the molecule is Cn1ncc2c(Cl)ccc(-c3ccc(C#CC(C)(C)O)nc3[C@@H](Cc3cc(F)cc(F)c3)C(C(N)=O)n3nc(C(F)F)c4c3C(F)(F)[C@@H]3C[C@H]43)c21. The molecule has 2 aliphatic carbocycles. The molecule has 3 N–H and O–H groups in total. The summed E-state index contributed by atoms with van der Waals surface area (Å²) in [5.74, 6) is -4.96. The largest absolute Gasteiger partial charge is 0.378 e. The van der Waals surface area contributed by atoms with Gasteiger partial charge in [-0.1, -0.05) is 23.6 Å². The number of aromatic nitrogens is 5. The second-order valence-corrected chi connectivity index (χ2v) is 13.9. The molecule has 1 unspecified atom stereocenters. The Bertz CT molecular complexity index is 2280. The summed E-state index contributed by atoms with van der Waals surface area (Å²) in [4.78, 5) is 18.4. The minimum absolute atomic E-state index is 0.00911. The van der Waals surface area contributed by atoms with Gasteiger partial charge in [-0.05, 0) is 74.4 Å². The van der Waals surface area contributed by atoms with Crippen LogP contribution >= 0.6 is 11.6 Å². The summed E-state index contributed by atoms with van der Waals surface area (Å²) in [7, 11) is 1.66. The van der Waals surface area contributed by atoms with E-state index in [-0.39, 0.29) is 28.9 Å². The number of aryl methyl sites for hydroxylation is 1. The maximum atomic E-state index is 15.9. The molecular weight excluding hydrogens is 698 g/mol. The van der Waals surface area contributed by atoms with E-state index in [0.29, 0.717) is 37.8 Å². The van der Waals surface area contributed by atoms with Gasteiger partial charge >= 0.3 is 0 Å². The summed E-state index contributed by atoms with van der Waals surface area (Å²) in [6.45, 7) is 2.88. The minimum Gasteiger partial charge on any atom is -0.378 e. The molecule has 1 amide bonds. The number of fused-ring (bicyclic) bond motifs is 4. The predicted octanol–water partition coefficient (Wildman–Crippen LogP) is 7.09. The quantitative estimate of drug-likeness (QED) is 0.131. The number of carbonyl (C=O) groups is 1. The summed E-state index contributed by atoms with van der Waals surface area (Å²) in [6, 6.07) is 7.06. The number of aliphatic hydroxyl groups is 1. The van der Waals surface area contributed by atoms with Crippen LogP contribution in [-0.4, -0.2) is 41.2 Å². The van der Waals surface area contributed by atoms with Crippen LogP contribution in [0.4, 0.5) is 26.3 Å². The molecular formula is C36H29ClF6N6O2.